The molecule has 0 amide bonds. The van der Waals surface area contributed by atoms with Crippen molar-refractivity contribution in [2.24, 2.45) is 0 Å². The molecule has 0 aliphatic rings. The monoisotopic (exact) mass is 255 g/mol. The molecule has 17 heavy (non-hydrogen) atoms. The smallest absolute Gasteiger partial charge is 0.0634 e. The summed E-state index contributed by atoms with van der Waals surface area (Å²) in [5.41, 5.74) is 1.07. The van der Waals surface area contributed by atoms with Gasteiger partial charge in [0.2, 0.25) is 0 Å². The van der Waals surface area contributed by atoms with Crippen LogP contribution in [0.5, 0.6) is 0 Å². The number of halogens is 1. The van der Waals surface area contributed by atoms with Crippen molar-refractivity contribution in [3.63, 3.8) is 0 Å². The predicted molar refractivity (Wildman–Crippen MR) is 73.6 cm³/mol. The largest absolute Gasteiger partial charge is 0.379 e. The Morgan fingerprint density at radius 1 is 1.35 bits per heavy atom. The van der Waals surface area contributed by atoms with E-state index in [1.807, 2.05) is 18.2 Å². The Labute approximate surface area is 109 Å². The molecule has 1 aromatic carbocycles. The highest BCUT2D eigenvalue weighted by molar-refractivity contribution is 6.31. The van der Waals surface area contributed by atoms with E-state index in [-0.39, 0.29) is 11.6 Å². The van der Waals surface area contributed by atoms with E-state index in [4.69, 9.17) is 16.3 Å². The van der Waals surface area contributed by atoms with Crippen molar-refractivity contribution in [3.05, 3.63) is 34.9 Å². The van der Waals surface area contributed by atoms with Gasteiger partial charge in [-0.05, 0) is 45.4 Å². The van der Waals surface area contributed by atoms with Crippen LogP contribution in [-0.2, 0) is 4.74 Å². The molecule has 0 aliphatic heterocycles. The molecule has 0 radical (unpaired) electrons. The molecule has 1 rings (SSSR count). The Kier molecular flexibility index (Phi) is 5.44. The van der Waals surface area contributed by atoms with Crippen LogP contribution in [-0.4, -0.2) is 19.3 Å². The third kappa shape index (κ3) is 4.66. The quantitative estimate of drug-likeness (QED) is 0.835. The lowest BCUT2D eigenvalue weighted by Gasteiger charge is -2.24. The number of hydrogen-bond acceptors (Lipinski definition) is 2. The van der Waals surface area contributed by atoms with Gasteiger partial charge in [0.05, 0.1) is 5.60 Å². The maximum atomic E-state index is 6.15. The van der Waals surface area contributed by atoms with Crippen LogP contribution in [0.15, 0.2) is 24.3 Å². The number of benzene rings is 1. The van der Waals surface area contributed by atoms with Gasteiger partial charge in [-0.2, -0.15) is 0 Å². The second-order valence-electron chi connectivity index (χ2n) is 4.91. The summed E-state index contributed by atoms with van der Waals surface area (Å²) >= 11 is 6.15. The molecular formula is C14H22ClNO. The topological polar surface area (TPSA) is 21.3 Å². The number of nitrogens with one attached hydrogen (secondary N) is 1. The molecule has 0 saturated heterocycles. The fourth-order valence-corrected chi connectivity index (χ4v) is 1.93. The number of hydrogen-bond donors (Lipinski definition) is 1. The van der Waals surface area contributed by atoms with Crippen molar-refractivity contribution in [2.75, 3.05) is 13.7 Å². The number of ether oxygens (including phenoxy) is 1. The molecule has 0 aromatic heterocycles. The normalized spacial score (nSPS) is 13.7. The lowest BCUT2D eigenvalue weighted by Crippen LogP contribution is -2.30. The molecule has 0 fully saturated rings. The van der Waals surface area contributed by atoms with Crippen LogP contribution in [0.2, 0.25) is 5.02 Å². The van der Waals surface area contributed by atoms with Crippen LogP contribution in [0, 0.1) is 0 Å². The fraction of sp³-hybridized carbons (Fsp3) is 0.571. The highest BCUT2D eigenvalue weighted by atomic mass is 35.5. The molecule has 1 atom stereocenters. The van der Waals surface area contributed by atoms with E-state index in [0.717, 1.165) is 23.6 Å². The lowest BCUT2D eigenvalue weighted by atomic mass is 10.0. The number of methoxy groups -OCH3 is 1. The molecule has 0 unspecified atom stereocenters. The third-order valence-corrected chi connectivity index (χ3v) is 3.45. The second-order valence-corrected chi connectivity index (χ2v) is 5.32. The molecule has 0 spiro atoms. The SMILES string of the molecule is COC(C)(C)CCN[C@@H](C)c1ccccc1Cl. The number of rotatable bonds is 6. The van der Waals surface area contributed by atoms with Crippen molar-refractivity contribution in [1.82, 2.24) is 5.32 Å². The lowest BCUT2D eigenvalue weighted by molar-refractivity contribution is 0.0154. The highest BCUT2D eigenvalue weighted by Crippen LogP contribution is 2.22. The minimum atomic E-state index is -0.0762. The minimum Gasteiger partial charge on any atom is -0.379 e. The van der Waals surface area contributed by atoms with Crippen LogP contribution in [0.4, 0.5) is 0 Å². The molecule has 0 saturated carbocycles. The predicted octanol–water partition coefficient (Wildman–Crippen LogP) is 3.81. The van der Waals surface area contributed by atoms with Crippen LogP contribution in [0.3, 0.4) is 0 Å². The summed E-state index contributed by atoms with van der Waals surface area (Å²) < 4.78 is 5.38. The van der Waals surface area contributed by atoms with E-state index < -0.39 is 0 Å². The van der Waals surface area contributed by atoms with Crippen molar-refractivity contribution in [1.29, 1.82) is 0 Å². The third-order valence-electron chi connectivity index (χ3n) is 3.10. The van der Waals surface area contributed by atoms with Crippen LogP contribution in [0.1, 0.15) is 38.8 Å². The molecule has 2 nitrogen and oxygen atoms in total. The van der Waals surface area contributed by atoms with Gasteiger partial charge < -0.3 is 10.1 Å². The molecule has 3 heteroatoms. The van der Waals surface area contributed by atoms with E-state index in [2.05, 4.69) is 32.2 Å². The molecule has 1 aromatic rings. The zero-order chi connectivity index (χ0) is 12.9. The Morgan fingerprint density at radius 2 is 2.00 bits per heavy atom. The summed E-state index contributed by atoms with van der Waals surface area (Å²) in [5, 5.41) is 4.28. The average Bonchev–Trinajstić information content (AvgIpc) is 2.29. The van der Waals surface area contributed by atoms with Gasteiger partial charge in [-0.1, -0.05) is 29.8 Å². The second kappa shape index (κ2) is 6.39. The zero-order valence-corrected chi connectivity index (χ0v) is 11.8. The van der Waals surface area contributed by atoms with Crippen molar-refractivity contribution in [3.8, 4) is 0 Å². The maximum Gasteiger partial charge on any atom is 0.0634 e. The summed E-state index contributed by atoms with van der Waals surface area (Å²) in [6, 6.07) is 8.21. The van der Waals surface area contributed by atoms with Crippen LogP contribution >= 0.6 is 11.6 Å². The van der Waals surface area contributed by atoms with Gasteiger partial charge in [-0.25, -0.2) is 0 Å². The van der Waals surface area contributed by atoms with E-state index in [1.54, 1.807) is 7.11 Å². The van der Waals surface area contributed by atoms with E-state index in [9.17, 15) is 0 Å². The van der Waals surface area contributed by atoms with Gasteiger partial charge in [0.25, 0.3) is 0 Å². The maximum absolute atomic E-state index is 6.15. The van der Waals surface area contributed by atoms with E-state index in [0.29, 0.717) is 0 Å². The van der Waals surface area contributed by atoms with Crippen LogP contribution in [0.25, 0.3) is 0 Å². The van der Waals surface area contributed by atoms with Gasteiger partial charge in [0, 0.05) is 18.2 Å². The Balaban J connectivity index is 2.46. The van der Waals surface area contributed by atoms with Gasteiger partial charge >= 0.3 is 0 Å². The average molecular weight is 256 g/mol. The Bertz CT molecular complexity index is 352. The standard InChI is InChI=1S/C14H22ClNO/c1-11(12-7-5-6-8-13(12)15)16-10-9-14(2,3)17-4/h5-8,11,16H,9-10H2,1-4H3/t11-/m0/s1. The molecule has 0 heterocycles. The molecule has 0 bridgehead atoms. The van der Waals surface area contributed by atoms with Gasteiger partial charge in [0.1, 0.15) is 0 Å². The fourth-order valence-electron chi connectivity index (χ4n) is 1.63. The van der Waals surface area contributed by atoms with Crippen LogP contribution < -0.4 is 5.32 Å². The Morgan fingerprint density at radius 3 is 2.59 bits per heavy atom. The van der Waals surface area contributed by atoms with Crippen molar-refractivity contribution < 1.29 is 4.74 Å². The molecule has 96 valence electrons. The highest BCUT2D eigenvalue weighted by Gasteiger charge is 2.16. The zero-order valence-electron chi connectivity index (χ0n) is 11.1. The minimum absolute atomic E-state index is 0.0762. The van der Waals surface area contributed by atoms with Crippen molar-refractivity contribution in [2.45, 2.75) is 38.8 Å². The summed E-state index contributed by atoms with van der Waals surface area (Å²) in [6.07, 6.45) is 0.971. The summed E-state index contributed by atoms with van der Waals surface area (Å²) in [7, 11) is 1.75. The van der Waals surface area contributed by atoms with Gasteiger partial charge in [0.15, 0.2) is 0 Å². The first-order valence-corrected chi connectivity index (χ1v) is 6.37. The van der Waals surface area contributed by atoms with E-state index >= 15 is 0 Å². The summed E-state index contributed by atoms with van der Waals surface area (Å²) in [6.45, 7) is 7.22. The molecule has 1 N–H and O–H groups in total. The first-order valence-electron chi connectivity index (χ1n) is 5.99. The van der Waals surface area contributed by atoms with Gasteiger partial charge in [-0.15, -0.1) is 0 Å². The Hall–Kier alpha value is -0.570. The summed E-state index contributed by atoms with van der Waals surface area (Å²) in [5.74, 6) is 0. The first kappa shape index (κ1) is 14.5. The summed E-state index contributed by atoms with van der Waals surface area (Å²) in [4.78, 5) is 0. The molecular weight excluding hydrogens is 234 g/mol. The molecule has 0 aliphatic carbocycles. The van der Waals surface area contributed by atoms with E-state index in [1.165, 1.54) is 0 Å². The first-order chi connectivity index (χ1) is 7.96. The van der Waals surface area contributed by atoms with Crippen molar-refractivity contribution >= 4 is 11.6 Å². The van der Waals surface area contributed by atoms with Gasteiger partial charge in [-0.3, -0.25) is 0 Å².